The van der Waals surface area contributed by atoms with Crippen molar-refractivity contribution in [3.05, 3.63) is 64.8 Å². The molecule has 1 aliphatic heterocycles. The molecule has 0 saturated carbocycles. The number of nitrogens with one attached hydrogen (secondary N) is 2. The molecule has 1 unspecified atom stereocenters. The average Bonchev–Trinajstić information content (AvgIpc) is 2.60. The van der Waals surface area contributed by atoms with Crippen LogP contribution in [0.1, 0.15) is 5.56 Å². The molecule has 0 saturated heterocycles. The Labute approximate surface area is 148 Å². The molecule has 0 spiro atoms. The largest absolute Gasteiger partial charge is 0.486 e. The Kier molecular flexibility index (Phi) is 5.38. The smallest absolute Gasteiger partial charge is 0.318 e. The Hall–Kier alpha value is -2.47. The third kappa shape index (κ3) is 4.52. The lowest BCUT2D eigenvalue weighted by atomic mass is 10.2. The molecule has 24 heavy (non-hydrogen) atoms. The highest BCUT2D eigenvalue weighted by atomic mass is 79.9. The van der Waals surface area contributed by atoms with E-state index in [0.29, 0.717) is 18.9 Å². The van der Waals surface area contributed by atoms with Gasteiger partial charge in [-0.25, -0.2) is 4.79 Å². The summed E-state index contributed by atoms with van der Waals surface area (Å²) < 4.78 is 12.4. The predicted octanol–water partition coefficient (Wildman–Crippen LogP) is 3.56. The number of benzene rings is 2. The van der Waals surface area contributed by atoms with Crippen LogP contribution in [0.4, 0.5) is 4.79 Å². The molecule has 6 heteroatoms. The number of urea groups is 1. The van der Waals surface area contributed by atoms with Gasteiger partial charge in [-0.15, -0.1) is 0 Å². The molecule has 2 aromatic carbocycles. The lowest BCUT2D eigenvalue weighted by Gasteiger charge is -2.26. The minimum atomic E-state index is -0.288. The third-order valence-electron chi connectivity index (χ3n) is 3.40. The number of amides is 2. The highest BCUT2D eigenvalue weighted by Crippen LogP contribution is 2.30. The first-order valence-corrected chi connectivity index (χ1v) is 8.35. The van der Waals surface area contributed by atoms with Gasteiger partial charge in [0.25, 0.3) is 0 Å². The average molecular weight is 389 g/mol. The predicted molar refractivity (Wildman–Crippen MR) is 96.1 cm³/mol. The van der Waals surface area contributed by atoms with Crippen LogP contribution < -0.4 is 20.1 Å². The maximum atomic E-state index is 11.8. The van der Waals surface area contributed by atoms with Crippen LogP contribution in [0.3, 0.4) is 0 Å². The first kappa shape index (κ1) is 16.4. The van der Waals surface area contributed by atoms with Gasteiger partial charge in [-0.05, 0) is 35.9 Å². The van der Waals surface area contributed by atoms with Crippen molar-refractivity contribution in [2.45, 2.75) is 6.10 Å². The normalized spacial score (nSPS) is 16.0. The fourth-order valence-corrected chi connectivity index (χ4v) is 2.66. The molecule has 0 aliphatic carbocycles. The van der Waals surface area contributed by atoms with Crippen LogP contribution in [0.5, 0.6) is 11.5 Å². The number of carbonyl (C=O) groups excluding carboxylic acids is 1. The van der Waals surface area contributed by atoms with E-state index < -0.39 is 0 Å². The fourth-order valence-electron chi connectivity index (χ4n) is 2.25. The van der Waals surface area contributed by atoms with E-state index in [1.807, 2.05) is 54.6 Å². The van der Waals surface area contributed by atoms with Crippen LogP contribution in [0.15, 0.2) is 59.2 Å². The number of hydrogen-bond acceptors (Lipinski definition) is 3. The molecule has 124 valence electrons. The first-order chi connectivity index (χ1) is 11.7. The minimum Gasteiger partial charge on any atom is -0.486 e. The molecular formula is C18H17BrN2O3. The molecule has 1 heterocycles. The summed E-state index contributed by atoms with van der Waals surface area (Å²) in [7, 11) is 0. The van der Waals surface area contributed by atoms with Crippen molar-refractivity contribution >= 4 is 28.0 Å². The summed E-state index contributed by atoms with van der Waals surface area (Å²) in [6.07, 6.45) is 3.21. The number of para-hydroxylation sites is 2. The van der Waals surface area contributed by atoms with E-state index in [0.717, 1.165) is 15.8 Å². The molecule has 0 aromatic heterocycles. The number of hydrogen-bond donors (Lipinski definition) is 2. The number of rotatable bonds is 4. The van der Waals surface area contributed by atoms with Crippen molar-refractivity contribution in [2.75, 3.05) is 13.2 Å². The summed E-state index contributed by atoms with van der Waals surface area (Å²) in [4.78, 5) is 11.8. The summed E-state index contributed by atoms with van der Waals surface area (Å²) in [5, 5.41) is 5.43. The molecule has 3 rings (SSSR count). The Balaban J connectivity index is 1.43. The molecule has 1 atom stereocenters. The van der Waals surface area contributed by atoms with Gasteiger partial charge in [0.05, 0.1) is 6.54 Å². The first-order valence-electron chi connectivity index (χ1n) is 7.56. The van der Waals surface area contributed by atoms with Crippen molar-refractivity contribution in [2.24, 2.45) is 0 Å². The van der Waals surface area contributed by atoms with Gasteiger partial charge < -0.3 is 20.1 Å². The van der Waals surface area contributed by atoms with Crippen molar-refractivity contribution in [1.82, 2.24) is 10.6 Å². The summed E-state index contributed by atoms with van der Waals surface area (Å²) in [5.41, 5.74) is 0.991. The number of halogens is 1. The second-order valence-electron chi connectivity index (χ2n) is 5.24. The van der Waals surface area contributed by atoms with E-state index >= 15 is 0 Å². The Morgan fingerprint density at radius 2 is 2.04 bits per heavy atom. The third-order valence-corrected chi connectivity index (χ3v) is 3.89. The van der Waals surface area contributed by atoms with E-state index in [-0.39, 0.29) is 12.1 Å². The van der Waals surface area contributed by atoms with Gasteiger partial charge in [0.2, 0.25) is 0 Å². The fraction of sp³-hybridized carbons (Fsp3) is 0.167. The second-order valence-corrected chi connectivity index (χ2v) is 6.16. The molecule has 0 bridgehead atoms. The summed E-state index contributed by atoms with van der Waals surface area (Å²) >= 11 is 3.40. The monoisotopic (exact) mass is 388 g/mol. The summed E-state index contributed by atoms with van der Waals surface area (Å²) in [6, 6.07) is 15.0. The summed E-state index contributed by atoms with van der Waals surface area (Å²) in [6.45, 7) is 0.774. The molecular weight excluding hydrogens is 372 g/mol. The lowest BCUT2D eigenvalue weighted by Crippen LogP contribution is -2.43. The van der Waals surface area contributed by atoms with Crippen LogP contribution in [0.25, 0.3) is 6.08 Å². The van der Waals surface area contributed by atoms with E-state index in [1.165, 1.54) is 0 Å². The SMILES string of the molecule is O=C(N/C=C/c1cccc(Br)c1)NCC1COc2ccccc2O1. The molecule has 2 amide bonds. The zero-order valence-electron chi connectivity index (χ0n) is 12.9. The van der Waals surface area contributed by atoms with Crippen LogP contribution in [-0.4, -0.2) is 25.3 Å². The van der Waals surface area contributed by atoms with Gasteiger partial charge >= 0.3 is 6.03 Å². The number of fused-ring (bicyclic) bond motifs is 1. The Bertz CT molecular complexity index is 749. The molecule has 0 fully saturated rings. The van der Waals surface area contributed by atoms with Gasteiger partial charge in [-0.1, -0.05) is 40.2 Å². The molecule has 1 aliphatic rings. The van der Waals surface area contributed by atoms with Crippen LogP contribution in [0.2, 0.25) is 0 Å². The maximum Gasteiger partial charge on any atom is 0.318 e. The Morgan fingerprint density at radius 1 is 1.21 bits per heavy atom. The zero-order valence-corrected chi connectivity index (χ0v) is 14.5. The topological polar surface area (TPSA) is 59.6 Å². The van der Waals surface area contributed by atoms with Crippen LogP contribution >= 0.6 is 15.9 Å². The van der Waals surface area contributed by atoms with Gasteiger partial charge in [0.1, 0.15) is 6.61 Å². The van der Waals surface area contributed by atoms with Crippen LogP contribution in [-0.2, 0) is 0 Å². The van der Waals surface area contributed by atoms with Crippen molar-refractivity contribution in [3.63, 3.8) is 0 Å². The van der Waals surface area contributed by atoms with Gasteiger partial charge in [0, 0.05) is 10.7 Å². The zero-order chi connectivity index (χ0) is 16.8. The van der Waals surface area contributed by atoms with Crippen molar-refractivity contribution in [3.8, 4) is 11.5 Å². The highest BCUT2D eigenvalue weighted by Gasteiger charge is 2.20. The lowest BCUT2D eigenvalue weighted by molar-refractivity contribution is 0.0919. The van der Waals surface area contributed by atoms with E-state index in [9.17, 15) is 4.79 Å². The highest BCUT2D eigenvalue weighted by molar-refractivity contribution is 9.10. The minimum absolute atomic E-state index is 0.209. The van der Waals surface area contributed by atoms with Crippen molar-refractivity contribution in [1.29, 1.82) is 0 Å². The number of carbonyl (C=O) groups is 1. The molecule has 2 aromatic rings. The molecule has 5 nitrogen and oxygen atoms in total. The Morgan fingerprint density at radius 3 is 2.88 bits per heavy atom. The number of ether oxygens (including phenoxy) is 2. The van der Waals surface area contributed by atoms with Gasteiger partial charge in [0.15, 0.2) is 17.6 Å². The quantitative estimate of drug-likeness (QED) is 0.841. The van der Waals surface area contributed by atoms with Crippen molar-refractivity contribution < 1.29 is 14.3 Å². The van der Waals surface area contributed by atoms with E-state index in [4.69, 9.17) is 9.47 Å². The molecule has 2 N–H and O–H groups in total. The second kappa shape index (κ2) is 7.88. The molecule has 0 radical (unpaired) electrons. The van der Waals surface area contributed by atoms with Gasteiger partial charge in [-0.2, -0.15) is 0 Å². The van der Waals surface area contributed by atoms with E-state index in [2.05, 4.69) is 26.6 Å². The van der Waals surface area contributed by atoms with Crippen LogP contribution in [0, 0.1) is 0 Å². The maximum absolute atomic E-state index is 11.8. The van der Waals surface area contributed by atoms with Gasteiger partial charge in [-0.3, -0.25) is 0 Å². The summed E-state index contributed by atoms with van der Waals surface area (Å²) in [5.74, 6) is 1.43. The standard InChI is InChI=1S/C18H17BrN2O3/c19-14-5-3-4-13(10-14)8-9-20-18(22)21-11-15-12-23-16-6-1-2-7-17(16)24-15/h1-10,15H,11-12H2,(H2,20,21,22)/b9-8+. The van der Waals surface area contributed by atoms with E-state index in [1.54, 1.807) is 6.20 Å².